The lowest BCUT2D eigenvalue weighted by atomic mass is 9.87. The normalized spacial score (nSPS) is 16.0. The third kappa shape index (κ3) is 10.2. The Morgan fingerprint density at radius 2 is 1.72 bits per heavy atom. The van der Waals surface area contributed by atoms with Crippen LogP contribution >= 0.6 is 11.8 Å². The molecule has 4 rings (SSSR count). The Morgan fingerprint density at radius 3 is 2.32 bits per heavy atom. The fourth-order valence-corrected chi connectivity index (χ4v) is 8.40. The van der Waals surface area contributed by atoms with E-state index in [1.807, 2.05) is 36.6 Å². The van der Waals surface area contributed by atoms with Gasteiger partial charge in [0.2, 0.25) is 15.9 Å². The van der Waals surface area contributed by atoms with Gasteiger partial charge in [0.15, 0.2) is 17.7 Å². The number of phenols is 1. The minimum Gasteiger partial charge on any atom is -0.508 e. The van der Waals surface area contributed by atoms with Gasteiger partial charge in [-0.05, 0) is 55.0 Å². The molecule has 0 saturated heterocycles. The molecule has 0 saturated carbocycles. The number of carbonyl (C=O) groups is 2. The van der Waals surface area contributed by atoms with Crippen molar-refractivity contribution >= 4 is 56.1 Å². The van der Waals surface area contributed by atoms with Crippen molar-refractivity contribution in [3.05, 3.63) is 72.3 Å². The molecule has 0 aromatic heterocycles. The molecule has 1 heterocycles. The Morgan fingerprint density at radius 1 is 1.06 bits per heavy atom. The van der Waals surface area contributed by atoms with Gasteiger partial charge in [-0.2, -0.15) is 0 Å². The van der Waals surface area contributed by atoms with Crippen molar-refractivity contribution in [2.24, 2.45) is 0 Å². The van der Waals surface area contributed by atoms with Crippen LogP contribution in [0.3, 0.4) is 0 Å². The molecule has 5 N–H and O–H groups in total. The van der Waals surface area contributed by atoms with Gasteiger partial charge >= 0.3 is 0 Å². The average Bonchev–Trinajstić information content (AvgIpc) is 3.19. The van der Waals surface area contributed by atoms with E-state index < -0.39 is 51.1 Å². The van der Waals surface area contributed by atoms with Crippen LogP contribution in [0.5, 0.6) is 11.5 Å². The summed E-state index contributed by atoms with van der Waals surface area (Å²) < 4.78 is 57.7. The van der Waals surface area contributed by atoms with Crippen molar-refractivity contribution in [2.75, 3.05) is 36.6 Å². The van der Waals surface area contributed by atoms with Gasteiger partial charge in [-0.3, -0.25) is 9.59 Å². The highest BCUT2D eigenvalue weighted by Crippen LogP contribution is 2.44. The van der Waals surface area contributed by atoms with E-state index >= 15 is 0 Å². The van der Waals surface area contributed by atoms with Crippen molar-refractivity contribution in [1.29, 1.82) is 0 Å². The van der Waals surface area contributed by atoms with Crippen molar-refractivity contribution in [2.45, 2.75) is 73.7 Å². The molecule has 0 aliphatic carbocycles. The highest BCUT2D eigenvalue weighted by atomic mass is 32.2. The van der Waals surface area contributed by atoms with E-state index in [1.165, 1.54) is 42.1 Å². The van der Waals surface area contributed by atoms with E-state index in [9.17, 15) is 27.3 Å². The number of para-hydroxylation sites is 1. The minimum absolute atomic E-state index is 0.0331. The predicted octanol–water partition coefficient (Wildman–Crippen LogP) is 5.24. The lowest BCUT2D eigenvalue weighted by molar-refractivity contribution is -0.130. The highest BCUT2D eigenvalue weighted by molar-refractivity contribution is 7.98. The van der Waals surface area contributed by atoms with E-state index in [0.29, 0.717) is 35.5 Å². The molecule has 2 atom stereocenters. The van der Waals surface area contributed by atoms with Crippen molar-refractivity contribution in [1.82, 2.24) is 15.4 Å². The molecule has 3 aromatic carbocycles. The lowest BCUT2D eigenvalue weighted by Crippen LogP contribution is -2.53. The number of hydrogen-bond donors (Lipinski definition) is 5. The predicted molar refractivity (Wildman–Crippen MR) is 197 cm³/mol. The number of amides is 2. The first-order valence-corrected chi connectivity index (χ1v) is 20.5. The van der Waals surface area contributed by atoms with E-state index in [2.05, 4.69) is 34.1 Å². The standard InChI is InChI=1S/C35H46N4O8S3/c1-4-6-17-35(18-7-5-2)24-39(26-11-9-8-10-12-26)28-21-30(48-3)29(22-31(28)50(45,46)38-35)47-23-32(41)37-33(25-13-15-27(40)16-14-25)34(42)36-19-20-49(43)44/h8-16,21-22,33,38,40H,4-7,17-20,23-24H2,1-3H3,(H,36,42)(H,37,41)(H,43,44)/t33-/m1/s1. The van der Waals surface area contributed by atoms with E-state index in [0.717, 1.165) is 31.4 Å². The number of carbonyl (C=O) groups excluding carboxylic acids is 2. The second kappa shape index (κ2) is 18.0. The van der Waals surface area contributed by atoms with Gasteiger partial charge in [0.1, 0.15) is 22.4 Å². The maximum absolute atomic E-state index is 14.3. The Bertz CT molecular complexity index is 1730. The van der Waals surface area contributed by atoms with Crippen molar-refractivity contribution < 1.29 is 36.6 Å². The van der Waals surface area contributed by atoms with Crippen LogP contribution in [0.15, 0.2) is 76.5 Å². The van der Waals surface area contributed by atoms with Gasteiger partial charge < -0.3 is 29.9 Å². The Balaban J connectivity index is 1.66. The fourth-order valence-electron chi connectivity index (χ4n) is 5.92. The summed E-state index contributed by atoms with van der Waals surface area (Å²) in [6, 6.07) is 17.4. The Labute approximate surface area is 301 Å². The first-order chi connectivity index (χ1) is 23.9. The molecular formula is C35H46N4O8S3. The molecule has 50 heavy (non-hydrogen) atoms. The van der Waals surface area contributed by atoms with E-state index in [1.54, 1.807) is 6.07 Å². The van der Waals surface area contributed by atoms with Gasteiger partial charge in [0, 0.05) is 24.8 Å². The summed E-state index contributed by atoms with van der Waals surface area (Å²) in [6.45, 7) is 3.98. The maximum atomic E-state index is 14.3. The number of unbranched alkanes of at least 4 members (excludes halogenated alkanes) is 2. The summed E-state index contributed by atoms with van der Waals surface area (Å²) in [4.78, 5) is 29.0. The zero-order chi connectivity index (χ0) is 36.3. The quantitative estimate of drug-likeness (QED) is 0.0909. The molecular weight excluding hydrogens is 701 g/mol. The molecule has 12 nitrogen and oxygen atoms in total. The van der Waals surface area contributed by atoms with Crippen LogP contribution in [0.2, 0.25) is 0 Å². The number of benzene rings is 3. The van der Waals surface area contributed by atoms with Crippen LogP contribution < -0.4 is 25.0 Å². The first kappa shape index (κ1) is 39.2. The molecule has 2 amide bonds. The van der Waals surface area contributed by atoms with Gasteiger partial charge in [0.25, 0.3) is 5.91 Å². The third-order valence-electron chi connectivity index (χ3n) is 8.45. The van der Waals surface area contributed by atoms with Gasteiger partial charge in [-0.15, -0.1) is 11.8 Å². The molecule has 272 valence electrons. The molecule has 0 spiro atoms. The van der Waals surface area contributed by atoms with Crippen molar-refractivity contribution in [3.8, 4) is 11.5 Å². The smallest absolute Gasteiger partial charge is 0.258 e. The fraction of sp³-hybridized carbons (Fsp3) is 0.429. The van der Waals surface area contributed by atoms with Gasteiger partial charge in [-0.1, -0.05) is 69.9 Å². The van der Waals surface area contributed by atoms with E-state index in [-0.39, 0.29) is 28.7 Å². The van der Waals surface area contributed by atoms with Crippen LogP contribution in [0.4, 0.5) is 11.4 Å². The molecule has 1 aliphatic heterocycles. The zero-order valence-electron chi connectivity index (χ0n) is 28.5. The topological polar surface area (TPSA) is 174 Å². The number of rotatable bonds is 17. The number of ether oxygens (including phenoxy) is 1. The summed E-state index contributed by atoms with van der Waals surface area (Å²) in [7, 11) is -4.05. The highest BCUT2D eigenvalue weighted by Gasteiger charge is 2.42. The molecule has 0 radical (unpaired) electrons. The van der Waals surface area contributed by atoms with Crippen LogP contribution in [-0.2, 0) is 30.7 Å². The molecule has 1 aliphatic rings. The SMILES string of the molecule is CCCCC1(CCCC)CN(c2ccccc2)c2cc(SC)c(OCC(=O)N[C@@H](C(=O)NCCS(=O)O)c3ccc(O)cc3)cc2S(=O)(=O)N1. The van der Waals surface area contributed by atoms with Gasteiger partial charge in [0.05, 0.1) is 21.9 Å². The maximum Gasteiger partial charge on any atom is 0.258 e. The van der Waals surface area contributed by atoms with Gasteiger partial charge in [-0.25, -0.2) is 17.3 Å². The largest absolute Gasteiger partial charge is 0.508 e. The minimum atomic E-state index is -4.05. The second-order valence-electron chi connectivity index (χ2n) is 12.2. The summed E-state index contributed by atoms with van der Waals surface area (Å²) in [5.41, 5.74) is 1.01. The summed E-state index contributed by atoms with van der Waals surface area (Å²) in [5, 5.41) is 14.9. The van der Waals surface area contributed by atoms with Crippen LogP contribution in [0.1, 0.15) is 64.0 Å². The third-order valence-corrected chi connectivity index (χ3v) is 11.4. The first-order valence-electron chi connectivity index (χ1n) is 16.6. The average molecular weight is 747 g/mol. The van der Waals surface area contributed by atoms with Crippen molar-refractivity contribution in [3.63, 3.8) is 0 Å². The molecule has 0 fully saturated rings. The number of nitrogens with one attached hydrogen (secondary N) is 3. The summed E-state index contributed by atoms with van der Waals surface area (Å²) in [5.74, 6) is -1.34. The summed E-state index contributed by atoms with van der Waals surface area (Å²) in [6.07, 6.45) is 6.73. The lowest BCUT2D eigenvalue weighted by Gasteiger charge is -2.37. The number of anilines is 2. The summed E-state index contributed by atoms with van der Waals surface area (Å²) >= 11 is -0.769. The Kier molecular flexibility index (Phi) is 14.1. The molecule has 1 unspecified atom stereocenters. The number of fused-ring (bicyclic) bond motifs is 1. The van der Waals surface area contributed by atoms with Crippen LogP contribution in [0, 0.1) is 0 Å². The number of thioether (sulfide) groups is 1. The Hall–Kier alpha value is -3.63. The monoisotopic (exact) mass is 746 g/mol. The van der Waals surface area contributed by atoms with E-state index in [4.69, 9.17) is 9.29 Å². The number of nitrogens with zero attached hydrogens (tertiary/aromatic N) is 1. The number of phenolic OH excluding ortho intramolecular Hbond substituents is 1. The van der Waals surface area contributed by atoms with Crippen LogP contribution in [0.25, 0.3) is 0 Å². The van der Waals surface area contributed by atoms with Crippen LogP contribution in [-0.4, -0.2) is 71.3 Å². The number of aromatic hydroxyl groups is 1. The molecule has 3 aromatic rings. The number of hydrogen-bond acceptors (Lipinski definition) is 9. The molecule has 15 heteroatoms. The zero-order valence-corrected chi connectivity index (χ0v) is 31.0. The number of sulfonamides is 1. The molecule has 0 bridgehead atoms. The second-order valence-corrected chi connectivity index (χ2v) is 15.7.